The summed E-state index contributed by atoms with van der Waals surface area (Å²) in [6, 6.07) is 23.8. The lowest BCUT2D eigenvalue weighted by molar-refractivity contribution is -0.160. The molecule has 0 aromatic heterocycles. The molecule has 0 fully saturated rings. The van der Waals surface area contributed by atoms with Gasteiger partial charge in [0.15, 0.2) is 12.1 Å². The van der Waals surface area contributed by atoms with Gasteiger partial charge in [-0.05, 0) is 34.7 Å². The van der Waals surface area contributed by atoms with Gasteiger partial charge in [0.2, 0.25) is 5.91 Å². The number of rotatable bonds is 9. The van der Waals surface area contributed by atoms with Crippen molar-refractivity contribution in [2.24, 2.45) is 0 Å². The van der Waals surface area contributed by atoms with Crippen molar-refractivity contribution in [3.63, 3.8) is 0 Å². The molecule has 3 aromatic rings. The first-order chi connectivity index (χ1) is 17.0. The third-order valence-electron chi connectivity index (χ3n) is 6.19. The fourth-order valence-electron chi connectivity index (χ4n) is 4.58. The molecule has 1 N–H and O–H groups in total. The minimum atomic E-state index is -1.17. The molecule has 0 saturated carbocycles. The summed E-state index contributed by atoms with van der Waals surface area (Å²) in [5, 5.41) is 2.83. The van der Waals surface area contributed by atoms with Gasteiger partial charge in [-0.1, -0.05) is 85.8 Å². The van der Waals surface area contributed by atoms with E-state index in [2.05, 4.69) is 17.4 Å². The smallest absolute Gasteiger partial charge is 0.332 e. The highest BCUT2D eigenvalue weighted by atomic mass is 16.6. The standard InChI is InChI=1S/C29H29NO5/c1-3-26(32)35-28(19-12-6-5-7-13-19)27(29(33)34-4-2)30-25(31)18-24-22-16-10-8-14-20(22)21-15-9-11-17-23(21)24/h5-17,24,27-28H,3-4,18H2,1-2H3,(H,30,31)/t27-,28+/m1/s1. The van der Waals surface area contributed by atoms with Crippen LogP contribution in [0.3, 0.4) is 0 Å². The maximum absolute atomic E-state index is 13.4. The third kappa shape index (κ3) is 5.27. The Hall–Kier alpha value is -3.93. The van der Waals surface area contributed by atoms with E-state index in [1.54, 1.807) is 38.1 Å². The fourth-order valence-corrected chi connectivity index (χ4v) is 4.58. The summed E-state index contributed by atoms with van der Waals surface area (Å²) in [5.74, 6) is -1.58. The normalized spacial score (nSPS) is 13.8. The molecule has 0 saturated heterocycles. The first-order valence-corrected chi connectivity index (χ1v) is 11.9. The van der Waals surface area contributed by atoms with Gasteiger partial charge >= 0.3 is 11.9 Å². The van der Waals surface area contributed by atoms with Gasteiger partial charge in [0, 0.05) is 18.8 Å². The van der Waals surface area contributed by atoms with Crippen molar-refractivity contribution in [1.82, 2.24) is 5.32 Å². The lowest BCUT2D eigenvalue weighted by Gasteiger charge is -2.27. The molecule has 6 nitrogen and oxygen atoms in total. The number of fused-ring (bicyclic) bond motifs is 3. The van der Waals surface area contributed by atoms with E-state index < -0.39 is 24.1 Å². The summed E-state index contributed by atoms with van der Waals surface area (Å²) in [6.45, 7) is 3.51. The van der Waals surface area contributed by atoms with Gasteiger partial charge in [-0.2, -0.15) is 0 Å². The van der Waals surface area contributed by atoms with Crippen molar-refractivity contribution in [2.45, 2.75) is 44.8 Å². The summed E-state index contributed by atoms with van der Waals surface area (Å²) < 4.78 is 10.9. The molecule has 3 aromatic carbocycles. The Labute approximate surface area is 205 Å². The second kappa shape index (κ2) is 11.0. The van der Waals surface area contributed by atoms with Gasteiger partial charge in [-0.3, -0.25) is 9.59 Å². The Morgan fingerprint density at radius 3 is 1.97 bits per heavy atom. The van der Waals surface area contributed by atoms with E-state index in [4.69, 9.17) is 9.47 Å². The monoisotopic (exact) mass is 471 g/mol. The average Bonchev–Trinajstić information content (AvgIpc) is 3.20. The van der Waals surface area contributed by atoms with Crippen molar-refractivity contribution in [1.29, 1.82) is 0 Å². The molecule has 1 amide bonds. The molecule has 0 radical (unpaired) electrons. The van der Waals surface area contributed by atoms with Gasteiger partial charge < -0.3 is 14.8 Å². The highest BCUT2D eigenvalue weighted by molar-refractivity contribution is 5.88. The molecule has 2 atom stereocenters. The molecule has 0 bridgehead atoms. The molecular formula is C29H29NO5. The quantitative estimate of drug-likeness (QED) is 0.448. The van der Waals surface area contributed by atoms with Crippen LogP contribution in [0.2, 0.25) is 0 Å². The number of amides is 1. The van der Waals surface area contributed by atoms with Crippen LogP contribution in [0.25, 0.3) is 11.1 Å². The summed E-state index contributed by atoms with van der Waals surface area (Å²) in [4.78, 5) is 38.6. The van der Waals surface area contributed by atoms with E-state index in [-0.39, 0.29) is 31.3 Å². The summed E-state index contributed by atoms with van der Waals surface area (Å²) in [6.07, 6.45) is -0.717. The van der Waals surface area contributed by atoms with Gasteiger partial charge in [0.25, 0.3) is 0 Å². The lowest BCUT2D eigenvalue weighted by atomic mass is 9.93. The van der Waals surface area contributed by atoms with E-state index in [0.29, 0.717) is 5.56 Å². The zero-order valence-electron chi connectivity index (χ0n) is 19.9. The largest absolute Gasteiger partial charge is 0.464 e. The number of hydrogen-bond acceptors (Lipinski definition) is 5. The molecule has 35 heavy (non-hydrogen) atoms. The maximum atomic E-state index is 13.4. The number of nitrogens with one attached hydrogen (secondary N) is 1. The van der Waals surface area contributed by atoms with Crippen molar-refractivity contribution in [2.75, 3.05) is 6.61 Å². The second-order valence-electron chi connectivity index (χ2n) is 8.40. The molecule has 0 heterocycles. The number of benzene rings is 3. The van der Waals surface area contributed by atoms with Crippen LogP contribution in [0.4, 0.5) is 0 Å². The van der Waals surface area contributed by atoms with Crippen LogP contribution < -0.4 is 5.32 Å². The zero-order chi connectivity index (χ0) is 24.8. The summed E-state index contributed by atoms with van der Waals surface area (Å²) in [7, 11) is 0. The number of hydrogen-bond donors (Lipinski definition) is 1. The van der Waals surface area contributed by atoms with Crippen LogP contribution in [0, 0.1) is 0 Å². The molecule has 0 spiro atoms. The number of carbonyl (C=O) groups excluding carboxylic acids is 3. The van der Waals surface area contributed by atoms with E-state index >= 15 is 0 Å². The van der Waals surface area contributed by atoms with Crippen molar-refractivity contribution >= 4 is 17.8 Å². The van der Waals surface area contributed by atoms with Crippen LogP contribution in [-0.2, 0) is 23.9 Å². The molecular weight excluding hydrogens is 442 g/mol. The molecule has 4 rings (SSSR count). The number of esters is 2. The highest BCUT2D eigenvalue weighted by Gasteiger charge is 2.37. The van der Waals surface area contributed by atoms with Crippen LogP contribution >= 0.6 is 0 Å². The van der Waals surface area contributed by atoms with E-state index in [1.807, 2.05) is 42.5 Å². The van der Waals surface area contributed by atoms with Crippen LogP contribution in [0.5, 0.6) is 0 Å². The van der Waals surface area contributed by atoms with Gasteiger partial charge in [0.05, 0.1) is 6.61 Å². The third-order valence-corrected chi connectivity index (χ3v) is 6.19. The van der Waals surface area contributed by atoms with Crippen molar-refractivity contribution in [3.05, 3.63) is 95.6 Å². The molecule has 6 heteroatoms. The Bertz CT molecular complexity index is 1160. The van der Waals surface area contributed by atoms with Crippen molar-refractivity contribution in [3.8, 4) is 11.1 Å². The predicted molar refractivity (Wildman–Crippen MR) is 132 cm³/mol. The van der Waals surface area contributed by atoms with E-state index in [1.165, 1.54) is 0 Å². The molecule has 1 aliphatic rings. The SMILES string of the molecule is CCOC(=O)[C@H](NC(=O)CC1c2ccccc2-c2ccccc21)[C@@H](OC(=O)CC)c1ccccc1. The molecule has 1 aliphatic carbocycles. The van der Waals surface area contributed by atoms with E-state index in [9.17, 15) is 14.4 Å². The Morgan fingerprint density at radius 1 is 0.829 bits per heavy atom. The second-order valence-corrected chi connectivity index (χ2v) is 8.40. The number of carbonyl (C=O) groups is 3. The summed E-state index contributed by atoms with van der Waals surface area (Å²) >= 11 is 0. The van der Waals surface area contributed by atoms with Crippen molar-refractivity contribution < 1.29 is 23.9 Å². The highest BCUT2D eigenvalue weighted by Crippen LogP contribution is 2.46. The first kappa shape index (κ1) is 24.2. The van der Waals surface area contributed by atoms with Crippen LogP contribution in [-0.4, -0.2) is 30.5 Å². The first-order valence-electron chi connectivity index (χ1n) is 11.9. The van der Waals surface area contributed by atoms with Crippen LogP contribution in [0.1, 0.15) is 55.4 Å². The molecule has 180 valence electrons. The topological polar surface area (TPSA) is 81.7 Å². The number of ether oxygens (including phenoxy) is 2. The molecule has 0 aliphatic heterocycles. The minimum Gasteiger partial charge on any atom is -0.464 e. The Balaban J connectivity index is 1.62. The Morgan fingerprint density at radius 2 is 1.40 bits per heavy atom. The van der Waals surface area contributed by atoms with Gasteiger partial charge in [-0.25, -0.2) is 4.79 Å². The fraction of sp³-hybridized carbons (Fsp3) is 0.276. The average molecular weight is 472 g/mol. The minimum absolute atomic E-state index is 0.137. The lowest BCUT2D eigenvalue weighted by Crippen LogP contribution is -2.47. The zero-order valence-corrected chi connectivity index (χ0v) is 19.9. The maximum Gasteiger partial charge on any atom is 0.332 e. The van der Waals surface area contributed by atoms with E-state index in [0.717, 1.165) is 22.3 Å². The predicted octanol–water partition coefficient (Wildman–Crippen LogP) is 4.93. The summed E-state index contributed by atoms with van der Waals surface area (Å²) in [5.41, 5.74) is 4.98. The van der Waals surface area contributed by atoms with Gasteiger partial charge in [-0.15, -0.1) is 0 Å². The van der Waals surface area contributed by atoms with Gasteiger partial charge in [0.1, 0.15) is 0 Å². The van der Waals surface area contributed by atoms with Crippen LogP contribution in [0.15, 0.2) is 78.9 Å². The molecule has 0 unspecified atom stereocenters. The Kier molecular flexibility index (Phi) is 7.60.